The van der Waals surface area contributed by atoms with E-state index in [1.807, 2.05) is 24.3 Å². The van der Waals surface area contributed by atoms with Crippen LogP contribution in [0.3, 0.4) is 0 Å². The minimum absolute atomic E-state index is 0.213. The molecule has 3 amide bonds. The molecular formula is C19H25N3O5. The normalized spacial score (nSPS) is 22.1. The highest BCUT2D eigenvalue weighted by Crippen LogP contribution is 2.30. The number of amides is 3. The highest BCUT2D eigenvalue weighted by Gasteiger charge is 2.45. The molecule has 2 aliphatic rings. The molecule has 1 saturated heterocycles. The Morgan fingerprint density at radius 2 is 1.93 bits per heavy atom. The standard InChI is InChI=1S/C19H25N3O5/c1-19(2,3)27-18(25)22-11-13(9-15(22)16(23)26-4)21-10-12-7-5-6-8-14(12)20-17(21)24/h5-8,13,15H,9-11H2,1-4H3,(H,20,24)/t13-,15+/m1/s1. The number of ether oxygens (including phenoxy) is 2. The molecule has 8 nitrogen and oxygen atoms in total. The van der Waals surface area contributed by atoms with Crippen LogP contribution in [0.25, 0.3) is 0 Å². The average molecular weight is 375 g/mol. The second kappa shape index (κ2) is 7.09. The third-order valence-electron chi connectivity index (χ3n) is 4.68. The number of carbonyl (C=O) groups is 3. The third kappa shape index (κ3) is 3.99. The Morgan fingerprint density at radius 3 is 2.59 bits per heavy atom. The third-order valence-corrected chi connectivity index (χ3v) is 4.68. The van der Waals surface area contributed by atoms with Gasteiger partial charge in [0.15, 0.2) is 0 Å². The number of hydrogen-bond donors (Lipinski definition) is 1. The van der Waals surface area contributed by atoms with Crippen molar-refractivity contribution in [3.8, 4) is 0 Å². The molecule has 0 saturated carbocycles. The summed E-state index contributed by atoms with van der Waals surface area (Å²) < 4.78 is 10.3. The second-order valence-electron chi connectivity index (χ2n) is 7.78. The lowest BCUT2D eigenvalue weighted by molar-refractivity contribution is -0.145. The molecule has 2 heterocycles. The number of carbonyl (C=O) groups excluding carboxylic acids is 3. The van der Waals surface area contributed by atoms with Crippen molar-refractivity contribution in [2.45, 2.75) is 51.4 Å². The van der Waals surface area contributed by atoms with Crippen LogP contribution in [0.1, 0.15) is 32.8 Å². The summed E-state index contributed by atoms with van der Waals surface area (Å²) in [6, 6.07) is 6.24. The SMILES string of the molecule is COC(=O)[C@@H]1C[C@@H](N2Cc3ccccc3NC2=O)CN1C(=O)OC(C)(C)C. The molecule has 146 valence electrons. The second-order valence-corrected chi connectivity index (χ2v) is 7.78. The van der Waals surface area contributed by atoms with E-state index in [9.17, 15) is 14.4 Å². The molecule has 0 radical (unpaired) electrons. The molecule has 2 aliphatic heterocycles. The van der Waals surface area contributed by atoms with Gasteiger partial charge < -0.3 is 19.7 Å². The van der Waals surface area contributed by atoms with Gasteiger partial charge in [-0.3, -0.25) is 4.90 Å². The van der Waals surface area contributed by atoms with Gasteiger partial charge in [-0.05, 0) is 32.4 Å². The smallest absolute Gasteiger partial charge is 0.411 e. The molecule has 1 aromatic carbocycles. The van der Waals surface area contributed by atoms with E-state index in [-0.39, 0.29) is 18.6 Å². The van der Waals surface area contributed by atoms with E-state index in [1.54, 1.807) is 25.7 Å². The van der Waals surface area contributed by atoms with Crippen LogP contribution >= 0.6 is 0 Å². The van der Waals surface area contributed by atoms with Crippen LogP contribution in [-0.4, -0.2) is 59.2 Å². The molecule has 0 aliphatic carbocycles. The molecular weight excluding hydrogens is 350 g/mol. The maximum Gasteiger partial charge on any atom is 0.411 e. The Hall–Kier alpha value is -2.77. The number of para-hydroxylation sites is 1. The van der Waals surface area contributed by atoms with E-state index in [0.29, 0.717) is 13.0 Å². The van der Waals surface area contributed by atoms with Gasteiger partial charge in [0, 0.05) is 25.2 Å². The molecule has 3 rings (SSSR count). The molecule has 1 N–H and O–H groups in total. The lowest BCUT2D eigenvalue weighted by atomic mass is 10.1. The predicted molar refractivity (Wildman–Crippen MR) is 98.2 cm³/mol. The van der Waals surface area contributed by atoms with Crippen LogP contribution in [0, 0.1) is 0 Å². The zero-order chi connectivity index (χ0) is 19.8. The van der Waals surface area contributed by atoms with Gasteiger partial charge in [0.05, 0.1) is 13.2 Å². The zero-order valence-electron chi connectivity index (χ0n) is 16.0. The highest BCUT2D eigenvalue weighted by molar-refractivity contribution is 5.93. The highest BCUT2D eigenvalue weighted by atomic mass is 16.6. The molecule has 1 fully saturated rings. The molecule has 0 spiro atoms. The topological polar surface area (TPSA) is 88.2 Å². The Bertz CT molecular complexity index is 758. The first kappa shape index (κ1) is 19.0. The lowest BCUT2D eigenvalue weighted by Crippen LogP contribution is -2.47. The number of nitrogens with one attached hydrogen (secondary N) is 1. The van der Waals surface area contributed by atoms with Gasteiger partial charge >= 0.3 is 18.1 Å². The number of esters is 1. The summed E-state index contributed by atoms with van der Waals surface area (Å²) >= 11 is 0. The van der Waals surface area contributed by atoms with Crippen LogP contribution < -0.4 is 5.32 Å². The number of benzene rings is 1. The molecule has 0 unspecified atom stereocenters. The molecule has 8 heteroatoms. The fourth-order valence-corrected chi connectivity index (χ4v) is 3.44. The Labute approximate surface area is 158 Å². The summed E-state index contributed by atoms with van der Waals surface area (Å²) in [6.45, 7) is 5.93. The number of anilines is 1. The largest absolute Gasteiger partial charge is 0.467 e. The molecule has 1 aromatic rings. The van der Waals surface area contributed by atoms with Crippen molar-refractivity contribution in [3.05, 3.63) is 29.8 Å². The summed E-state index contributed by atoms with van der Waals surface area (Å²) in [6.07, 6.45) is -0.278. The first-order valence-electron chi connectivity index (χ1n) is 8.92. The summed E-state index contributed by atoms with van der Waals surface area (Å²) in [4.78, 5) is 40.4. The average Bonchev–Trinajstić information content (AvgIpc) is 3.04. The predicted octanol–water partition coefficient (Wildman–Crippen LogP) is 2.59. The van der Waals surface area contributed by atoms with Crippen LogP contribution in [0.5, 0.6) is 0 Å². The van der Waals surface area contributed by atoms with Gasteiger partial charge in [-0.15, -0.1) is 0 Å². The minimum atomic E-state index is -0.778. The van der Waals surface area contributed by atoms with E-state index in [0.717, 1.165) is 11.3 Å². The van der Waals surface area contributed by atoms with E-state index in [2.05, 4.69) is 5.32 Å². The number of likely N-dealkylation sites (tertiary alicyclic amines) is 1. The van der Waals surface area contributed by atoms with E-state index < -0.39 is 23.7 Å². The summed E-state index contributed by atoms with van der Waals surface area (Å²) in [5, 5.41) is 2.86. The number of methoxy groups -OCH3 is 1. The quantitative estimate of drug-likeness (QED) is 0.803. The maximum absolute atomic E-state index is 12.6. The lowest BCUT2D eigenvalue weighted by Gasteiger charge is -2.33. The Morgan fingerprint density at radius 1 is 1.22 bits per heavy atom. The van der Waals surface area contributed by atoms with E-state index in [1.165, 1.54) is 12.0 Å². The molecule has 27 heavy (non-hydrogen) atoms. The fourth-order valence-electron chi connectivity index (χ4n) is 3.44. The number of hydrogen-bond acceptors (Lipinski definition) is 5. The van der Waals surface area contributed by atoms with Gasteiger partial charge in [-0.25, -0.2) is 14.4 Å². The Kier molecular flexibility index (Phi) is 4.99. The van der Waals surface area contributed by atoms with Crippen LogP contribution in [-0.2, 0) is 20.8 Å². The first-order chi connectivity index (χ1) is 12.7. The molecule has 0 aromatic heterocycles. The van der Waals surface area contributed by atoms with Gasteiger partial charge in [0.2, 0.25) is 0 Å². The van der Waals surface area contributed by atoms with Gasteiger partial charge in [-0.1, -0.05) is 18.2 Å². The monoisotopic (exact) mass is 375 g/mol. The van der Waals surface area contributed by atoms with Crippen molar-refractivity contribution in [1.29, 1.82) is 0 Å². The van der Waals surface area contributed by atoms with Gasteiger partial charge in [0.1, 0.15) is 11.6 Å². The van der Waals surface area contributed by atoms with Crippen LogP contribution in [0.4, 0.5) is 15.3 Å². The van der Waals surface area contributed by atoms with Crippen molar-refractivity contribution in [2.24, 2.45) is 0 Å². The zero-order valence-corrected chi connectivity index (χ0v) is 16.0. The first-order valence-corrected chi connectivity index (χ1v) is 8.92. The van der Waals surface area contributed by atoms with Crippen molar-refractivity contribution >= 4 is 23.8 Å². The van der Waals surface area contributed by atoms with E-state index in [4.69, 9.17) is 9.47 Å². The van der Waals surface area contributed by atoms with E-state index >= 15 is 0 Å². The minimum Gasteiger partial charge on any atom is -0.467 e. The summed E-state index contributed by atoms with van der Waals surface area (Å²) in [5.41, 5.74) is 1.09. The van der Waals surface area contributed by atoms with Crippen LogP contribution in [0.2, 0.25) is 0 Å². The fraction of sp³-hybridized carbons (Fsp3) is 0.526. The van der Waals surface area contributed by atoms with Crippen molar-refractivity contribution in [2.75, 3.05) is 19.0 Å². The summed E-state index contributed by atoms with van der Waals surface area (Å²) in [5.74, 6) is -0.513. The molecule has 0 bridgehead atoms. The van der Waals surface area contributed by atoms with Gasteiger partial charge in [-0.2, -0.15) is 0 Å². The number of rotatable bonds is 2. The van der Waals surface area contributed by atoms with Crippen LogP contribution in [0.15, 0.2) is 24.3 Å². The molecule has 2 atom stereocenters. The van der Waals surface area contributed by atoms with Crippen molar-refractivity contribution < 1.29 is 23.9 Å². The number of urea groups is 1. The maximum atomic E-state index is 12.6. The Balaban J connectivity index is 1.80. The number of fused-ring (bicyclic) bond motifs is 1. The van der Waals surface area contributed by atoms with Crippen molar-refractivity contribution in [3.63, 3.8) is 0 Å². The number of nitrogens with zero attached hydrogens (tertiary/aromatic N) is 2. The van der Waals surface area contributed by atoms with Crippen molar-refractivity contribution in [1.82, 2.24) is 9.80 Å². The van der Waals surface area contributed by atoms with Gasteiger partial charge in [0.25, 0.3) is 0 Å². The summed E-state index contributed by atoms with van der Waals surface area (Å²) in [7, 11) is 1.28.